The van der Waals surface area contributed by atoms with E-state index in [1.165, 1.54) is 6.08 Å². The van der Waals surface area contributed by atoms with E-state index >= 15 is 0 Å². The molecule has 24 heavy (non-hydrogen) atoms. The van der Waals surface area contributed by atoms with Gasteiger partial charge in [0, 0.05) is 6.54 Å². The van der Waals surface area contributed by atoms with E-state index in [9.17, 15) is 14.4 Å². The summed E-state index contributed by atoms with van der Waals surface area (Å²) in [6, 6.07) is 8.85. The van der Waals surface area contributed by atoms with Gasteiger partial charge in [0.2, 0.25) is 0 Å². The molecule has 0 bridgehead atoms. The summed E-state index contributed by atoms with van der Waals surface area (Å²) in [7, 11) is 0. The molecule has 128 valence electrons. The molecule has 6 heteroatoms. The van der Waals surface area contributed by atoms with Crippen LogP contribution < -0.4 is 10.6 Å². The Bertz CT molecular complexity index is 607. The maximum absolute atomic E-state index is 12.6. The second-order valence-electron chi connectivity index (χ2n) is 5.78. The molecule has 6 nitrogen and oxygen atoms in total. The van der Waals surface area contributed by atoms with Gasteiger partial charge in [-0.15, -0.1) is 6.58 Å². The lowest BCUT2D eigenvalue weighted by atomic mass is 9.79. The monoisotopic (exact) mass is 330 g/mol. The minimum absolute atomic E-state index is 0.246. The summed E-state index contributed by atoms with van der Waals surface area (Å²) in [5.41, 5.74) is 0.226. The predicted octanol–water partition coefficient (Wildman–Crippen LogP) is 2.05. The van der Waals surface area contributed by atoms with Gasteiger partial charge in [0.1, 0.15) is 0 Å². The van der Waals surface area contributed by atoms with Crippen molar-refractivity contribution in [3.05, 3.63) is 48.6 Å². The molecule has 1 aromatic carbocycles. The smallest absolute Gasteiger partial charge is 0.321 e. The van der Waals surface area contributed by atoms with E-state index in [1.54, 1.807) is 0 Å². The molecule has 1 saturated carbocycles. The predicted molar refractivity (Wildman–Crippen MR) is 89.3 cm³/mol. The van der Waals surface area contributed by atoms with Gasteiger partial charge in [-0.2, -0.15) is 0 Å². The van der Waals surface area contributed by atoms with Gasteiger partial charge in [0.15, 0.2) is 6.61 Å². The van der Waals surface area contributed by atoms with Gasteiger partial charge in [-0.1, -0.05) is 49.2 Å². The standard InChI is InChI=1S/C18H22N2O4/c1-2-12-19-17(23)20-15(21)13-24-16(22)18(10-6-7-11-18)14-8-4-3-5-9-14/h2-5,8-9H,1,6-7,10-13H2,(H2,19,20,21,23). The van der Waals surface area contributed by atoms with Crippen molar-refractivity contribution in [3.8, 4) is 0 Å². The van der Waals surface area contributed by atoms with Crippen LogP contribution in [-0.4, -0.2) is 31.1 Å². The van der Waals surface area contributed by atoms with E-state index in [1.807, 2.05) is 30.3 Å². The van der Waals surface area contributed by atoms with Crippen molar-refractivity contribution in [1.82, 2.24) is 10.6 Å². The van der Waals surface area contributed by atoms with Gasteiger partial charge in [0.05, 0.1) is 5.41 Å². The summed E-state index contributed by atoms with van der Waals surface area (Å²) < 4.78 is 5.20. The van der Waals surface area contributed by atoms with Crippen LogP contribution in [0.3, 0.4) is 0 Å². The number of amides is 3. The Hall–Kier alpha value is -2.63. The maximum Gasteiger partial charge on any atom is 0.321 e. The highest BCUT2D eigenvalue weighted by Crippen LogP contribution is 2.42. The molecule has 0 unspecified atom stereocenters. The molecular formula is C18H22N2O4. The number of carbonyl (C=O) groups excluding carboxylic acids is 3. The lowest BCUT2D eigenvalue weighted by molar-refractivity contribution is -0.154. The number of benzene rings is 1. The zero-order valence-corrected chi connectivity index (χ0v) is 13.5. The SMILES string of the molecule is C=CCNC(=O)NC(=O)COC(=O)C1(c2ccccc2)CCCC1. The van der Waals surface area contributed by atoms with Crippen LogP contribution in [-0.2, 0) is 19.7 Å². The third kappa shape index (κ3) is 4.22. The first-order chi connectivity index (χ1) is 11.6. The molecule has 1 fully saturated rings. The van der Waals surface area contributed by atoms with Crippen LogP contribution in [0.1, 0.15) is 31.2 Å². The van der Waals surface area contributed by atoms with Gasteiger partial charge in [0.25, 0.3) is 5.91 Å². The average molecular weight is 330 g/mol. The molecule has 1 aliphatic rings. The van der Waals surface area contributed by atoms with Crippen LogP contribution in [0.15, 0.2) is 43.0 Å². The van der Waals surface area contributed by atoms with Crippen LogP contribution in [0.5, 0.6) is 0 Å². The molecule has 0 aliphatic heterocycles. The lowest BCUT2D eigenvalue weighted by Gasteiger charge is -2.27. The minimum atomic E-state index is -0.688. The van der Waals surface area contributed by atoms with Crippen LogP contribution in [0.2, 0.25) is 0 Å². The summed E-state index contributed by atoms with van der Waals surface area (Å²) in [5, 5.41) is 4.51. The molecule has 0 heterocycles. The highest BCUT2D eigenvalue weighted by Gasteiger charge is 2.44. The van der Waals surface area contributed by atoms with Gasteiger partial charge < -0.3 is 10.1 Å². The average Bonchev–Trinajstić information content (AvgIpc) is 3.09. The molecule has 0 spiro atoms. The Balaban J connectivity index is 1.94. The number of nitrogens with one attached hydrogen (secondary N) is 2. The first kappa shape index (κ1) is 17.7. The number of hydrogen-bond acceptors (Lipinski definition) is 4. The highest BCUT2D eigenvalue weighted by atomic mass is 16.5. The zero-order valence-electron chi connectivity index (χ0n) is 13.5. The molecule has 3 amide bonds. The van der Waals surface area contributed by atoms with E-state index < -0.39 is 29.9 Å². The Kier molecular flexibility index (Phi) is 6.12. The summed E-state index contributed by atoms with van der Waals surface area (Å²) in [5.74, 6) is -1.07. The molecule has 0 saturated heterocycles. The number of ether oxygens (including phenoxy) is 1. The van der Waals surface area contributed by atoms with Crippen molar-refractivity contribution in [2.75, 3.05) is 13.2 Å². The fourth-order valence-electron chi connectivity index (χ4n) is 2.99. The fraction of sp³-hybridized carbons (Fsp3) is 0.389. The normalized spacial score (nSPS) is 15.3. The largest absolute Gasteiger partial charge is 0.455 e. The van der Waals surface area contributed by atoms with Crippen molar-refractivity contribution in [2.45, 2.75) is 31.1 Å². The van der Waals surface area contributed by atoms with Crippen molar-refractivity contribution < 1.29 is 19.1 Å². The molecule has 1 aliphatic carbocycles. The van der Waals surface area contributed by atoms with Crippen molar-refractivity contribution >= 4 is 17.9 Å². The highest BCUT2D eigenvalue weighted by molar-refractivity contribution is 5.96. The Morgan fingerprint density at radius 2 is 1.83 bits per heavy atom. The first-order valence-corrected chi connectivity index (χ1v) is 8.00. The Morgan fingerprint density at radius 3 is 2.46 bits per heavy atom. The second kappa shape index (κ2) is 8.29. The molecular weight excluding hydrogens is 308 g/mol. The van der Waals surface area contributed by atoms with Crippen LogP contribution in [0, 0.1) is 0 Å². The Labute approximate surface area is 141 Å². The molecule has 1 aromatic rings. The molecule has 0 aromatic heterocycles. The third-order valence-electron chi connectivity index (χ3n) is 4.17. The quantitative estimate of drug-likeness (QED) is 0.617. The molecule has 0 atom stereocenters. The number of hydrogen-bond donors (Lipinski definition) is 2. The van der Waals surface area contributed by atoms with E-state index in [0.29, 0.717) is 12.8 Å². The third-order valence-corrected chi connectivity index (χ3v) is 4.17. The Morgan fingerprint density at radius 1 is 1.17 bits per heavy atom. The maximum atomic E-state index is 12.6. The summed E-state index contributed by atoms with van der Waals surface area (Å²) in [6.45, 7) is 3.22. The van der Waals surface area contributed by atoms with Crippen molar-refractivity contribution in [1.29, 1.82) is 0 Å². The summed E-state index contributed by atoms with van der Waals surface area (Å²) in [6.07, 6.45) is 4.79. The van der Waals surface area contributed by atoms with Crippen LogP contribution in [0.4, 0.5) is 4.79 Å². The first-order valence-electron chi connectivity index (χ1n) is 8.00. The second-order valence-corrected chi connectivity index (χ2v) is 5.78. The van der Waals surface area contributed by atoms with Gasteiger partial charge in [-0.25, -0.2) is 4.79 Å². The minimum Gasteiger partial charge on any atom is -0.455 e. The van der Waals surface area contributed by atoms with E-state index in [-0.39, 0.29) is 6.54 Å². The van der Waals surface area contributed by atoms with Crippen LogP contribution in [0.25, 0.3) is 0 Å². The van der Waals surface area contributed by atoms with Crippen molar-refractivity contribution in [2.24, 2.45) is 0 Å². The number of urea groups is 1. The molecule has 0 radical (unpaired) electrons. The van der Waals surface area contributed by atoms with Gasteiger partial charge in [-0.05, 0) is 18.4 Å². The van der Waals surface area contributed by atoms with Gasteiger partial charge >= 0.3 is 12.0 Å². The number of esters is 1. The van der Waals surface area contributed by atoms with E-state index in [2.05, 4.69) is 17.2 Å². The van der Waals surface area contributed by atoms with Crippen LogP contribution >= 0.6 is 0 Å². The topological polar surface area (TPSA) is 84.5 Å². The zero-order chi connectivity index (χ0) is 17.4. The lowest BCUT2D eigenvalue weighted by Crippen LogP contribution is -2.43. The van der Waals surface area contributed by atoms with Gasteiger partial charge in [-0.3, -0.25) is 14.9 Å². The summed E-state index contributed by atoms with van der Waals surface area (Å²) >= 11 is 0. The molecule has 2 rings (SSSR count). The van der Waals surface area contributed by atoms with E-state index in [4.69, 9.17) is 4.74 Å². The number of imide groups is 1. The fourth-order valence-corrected chi connectivity index (χ4v) is 2.99. The van der Waals surface area contributed by atoms with Crippen molar-refractivity contribution in [3.63, 3.8) is 0 Å². The van der Waals surface area contributed by atoms with E-state index in [0.717, 1.165) is 18.4 Å². The number of rotatable bonds is 6. The summed E-state index contributed by atoms with van der Waals surface area (Å²) in [4.78, 5) is 35.7. The number of carbonyl (C=O) groups is 3. The molecule has 2 N–H and O–H groups in total.